The minimum absolute atomic E-state index is 0.198. The van der Waals surface area contributed by atoms with Crippen LogP contribution in [0.15, 0.2) is 54.6 Å². The zero-order chi connectivity index (χ0) is 19.1. The molecule has 5 rings (SSSR count). The summed E-state index contributed by atoms with van der Waals surface area (Å²) in [4.78, 5) is 21.0. The number of ketones is 1. The molecule has 0 unspecified atom stereocenters. The number of nitrogens with one attached hydrogen (secondary N) is 2. The number of carbonyl (C=O) groups excluding carboxylic acids is 1. The van der Waals surface area contributed by atoms with E-state index in [0.717, 1.165) is 27.4 Å². The number of halogens is 1. The lowest BCUT2D eigenvalue weighted by molar-refractivity contribution is 0.103. The maximum atomic E-state index is 13.3. The third-order valence-electron chi connectivity index (χ3n) is 4.65. The molecule has 0 fully saturated rings. The van der Waals surface area contributed by atoms with Crippen LogP contribution in [0.25, 0.3) is 21.8 Å². The van der Waals surface area contributed by atoms with Gasteiger partial charge in [-0.3, -0.25) is 4.79 Å². The summed E-state index contributed by atoms with van der Waals surface area (Å²) in [7, 11) is 0. The second kappa shape index (κ2) is 6.54. The van der Waals surface area contributed by atoms with Gasteiger partial charge < -0.3 is 4.98 Å². The Bertz CT molecular complexity index is 1330. The number of tetrazole rings is 1. The number of H-pyrrole nitrogens is 2. The monoisotopic (exact) mass is 388 g/mol. The van der Waals surface area contributed by atoms with Crippen molar-refractivity contribution in [3.63, 3.8) is 0 Å². The van der Waals surface area contributed by atoms with Gasteiger partial charge in [-0.2, -0.15) is 5.21 Å². The predicted molar refractivity (Wildman–Crippen MR) is 105 cm³/mol. The summed E-state index contributed by atoms with van der Waals surface area (Å²) in [6.07, 6.45) is 0.354. The summed E-state index contributed by atoms with van der Waals surface area (Å²) in [5, 5.41) is 16.5. The zero-order valence-electron chi connectivity index (χ0n) is 14.5. The number of para-hydroxylation sites is 1. The topological polar surface area (TPSA) is 100 Å². The van der Waals surface area contributed by atoms with Crippen LogP contribution in [0.2, 0.25) is 5.02 Å². The molecule has 0 bridgehead atoms. The highest BCUT2D eigenvalue weighted by molar-refractivity contribution is 6.31. The maximum absolute atomic E-state index is 13.3. The second-order valence-electron chi connectivity index (χ2n) is 6.39. The van der Waals surface area contributed by atoms with Crippen LogP contribution in [0.1, 0.15) is 27.6 Å². The molecule has 0 saturated heterocycles. The molecule has 7 nitrogen and oxygen atoms in total. The molecule has 0 saturated carbocycles. The van der Waals surface area contributed by atoms with Crippen LogP contribution in [0, 0.1) is 0 Å². The van der Waals surface area contributed by atoms with E-state index in [4.69, 9.17) is 11.6 Å². The first kappa shape index (κ1) is 16.6. The van der Waals surface area contributed by atoms with E-state index in [-0.39, 0.29) is 5.78 Å². The highest BCUT2D eigenvalue weighted by Crippen LogP contribution is 2.28. The number of hydrogen-bond acceptors (Lipinski definition) is 5. The van der Waals surface area contributed by atoms with Crippen LogP contribution in [0.4, 0.5) is 0 Å². The largest absolute Gasteiger partial charge is 0.351 e. The standard InChI is InChI=1S/C20H13ClN6O/c21-12-6-7-13-14(10-18-24-26-27-25-18)19(23-17(13)9-12)20(28)16-8-5-11-3-1-2-4-15(11)22-16/h1-9,23H,10H2,(H,24,25,26,27). The number of rotatable bonds is 4. The normalized spacial score (nSPS) is 11.3. The molecule has 2 aromatic carbocycles. The fourth-order valence-corrected chi connectivity index (χ4v) is 3.51. The fraction of sp³-hybridized carbons (Fsp3) is 0.0500. The Hall–Kier alpha value is -3.58. The van der Waals surface area contributed by atoms with Crippen LogP contribution >= 0.6 is 11.6 Å². The van der Waals surface area contributed by atoms with Crippen LogP contribution in [0.3, 0.4) is 0 Å². The Labute approximate surface area is 163 Å². The summed E-state index contributed by atoms with van der Waals surface area (Å²) in [6, 6.07) is 16.8. The number of fused-ring (bicyclic) bond motifs is 2. The molecule has 0 spiro atoms. The summed E-state index contributed by atoms with van der Waals surface area (Å²) >= 11 is 6.13. The summed E-state index contributed by atoms with van der Waals surface area (Å²) in [5.41, 5.74) is 3.14. The van der Waals surface area contributed by atoms with Crippen molar-refractivity contribution in [2.24, 2.45) is 0 Å². The number of pyridine rings is 1. The van der Waals surface area contributed by atoms with Gasteiger partial charge >= 0.3 is 0 Å². The molecular formula is C20H13ClN6O. The number of hydrogen-bond donors (Lipinski definition) is 2. The van der Waals surface area contributed by atoms with Gasteiger partial charge in [0.05, 0.1) is 11.2 Å². The number of nitrogens with zero attached hydrogens (tertiary/aromatic N) is 4. The molecule has 0 aliphatic heterocycles. The van der Waals surface area contributed by atoms with Gasteiger partial charge in [0.1, 0.15) is 5.69 Å². The van der Waals surface area contributed by atoms with E-state index in [1.54, 1.807) is 18.2 Å². The maximum Gasteiger partial charge on any atom is 0.227 e. The van der Waals surface area contributed by atoms with Crippen molar-refractivity contribution in [2.75, 3.05) is 0 Å². The van der Waals surface area contributed by atoms with E-state index in [9.17, 15) is 4.79 Å². The van der Waals surface area contributed by atoms with Crippen molar-refractivity contribution in [1.29, 1.82) is 0 Å². The van der Waals surface area contributed by atoms with Gasteiger partial charge in [0, 0.05) is 27.7 Å². The molecule has 136 valence electrons. The lowest BCUT2D eigenvalue weighted by atomic mass is 10.0. The average molecular weight is 389 g/mol. The van der Waals surface area contributed by atoms with Gasteiger partial charge in [-0.05, 0) is 29.8 Å². The molecule has 28 heavy (non-hydrogen) atoms. The smallest absolute Gasteiger partial charge is 0.227 e. The SMILES string of the molecule is O=C(c1ccc2ccccc2n1)c1[nH]c2cc(Cl)ccc2c1Cc1nn[nH]n1. The van der Waals surface area contributed by atoms with Crippen LogP contribution in [-0.2, 0) is 6.42 Å². The Balaban J connectivity index is 1.66. The van der Waals surface area contributed by atoms with Crippen molar-refractivity contribution in [2.45, 2.75) is 6.42 Å². The first-order valence-electron chi connectivity index (χ1n) is 8.62. The Morgan fingerprint density at radius 2 is 1.96 bits per heavy atom. The van der Waals surface area contributed by atoms with Crippen molar-refractivity contribution in [3.05, 3.63) is 82.4 Å². The minimum Gasteiger partial charge on any atom is -0.351 e. The average Bonchev–Trinajstić information content (AvgIpc) is 3.35. The molecule has 2 N–H and O–H groups in total. The molecule has 3 heterocycles. The summed E-state index contributed by atoms with van der Waals surface area (Å²) in [5.74, 6) is 0.299. The third kappa shape index (κ3) is 2.82. The Kier molecular flexibility index (Phi) is 3.87. The van der Waals surface area contributed by atoms with E-state index in [2.05, 4.69) is 30.6 Å². The van der Waals surface area contributed by atoms with Crippen LogP contribution in [-0.4, -0.2) is 36.4 Å². The molecule has 8 heteroatoms. The van der Waals surface area contributed by atoms with Gasteiger partial charge in [0.25, 0.3) is 0 Å². The quantitative estimate of drug-likeness (QED) is 0.457. The molecule has 3 aromatic heterocycles. The summed E-state index contributed by atoms with van der Waals surface area (Å²) < 4.78 is 0. The molecule has 0 aliphatic carbocycles. The number of benzene rings is 2. The van der Waals surface area contributed by atoms with Crippen LogP contribution < -0.4 is 0 Å². The Morgan fingerprint density at radius 3 is 2.82 bits per heavy atom. The molecule has 0 amide bonds. The zero-order valence-corrected chi connectivity index (χ0v) is 15.2. The molecular weight excluding hydrogens is 376 g/mol. The summed E-state index contributed by atoms with van der Waals surface area (Å²) in [6.45, 7) is 0. The first-order chi connectivity index (χ1) is 13.7. The van der Waals surface area contributed by atoms with Crippen molar-refractivity contribution in [3.8, 4) is 0 Å². The highest BCUT2D eigenvalue weighted by atomic mass is 35.5. The molecule has 0 aliphatic rings. The lowest BCUT2D eigenvalue weighted by Crippen LogP contribution is -2.08. The highest BCUT2D eigenvalue weighted by Gasteiger charge is 2.22. The van der Waals surface area contributed by atoms with Gasteiger partial charge in [-0.25, -0.2) is 4.98 Å². The first-order valence-corrected chi connectivity index (χ1v) is 9.00. The molecule has 0 radical (unpaired) electrons. The minimum atomic E-state index is -0.198. The Morgan fingerprint density at radius 1 is 1.07 bits per heavy atom. The van der Waals surface area contributed by atoms with E-state index in [1.165, 1.54) is 0 Å². The van der Waals surface area contributed by atoms with Gasteiger partial charge in [0.15, 0.2) is 5.82 Å². The van der Waals surface area contributed by atoms with E-state index >= 15 is 0 Å². The predicted octanol–water partition coefficient (Wildman–Crippen LogP) is 3.70. The number of aromatic nitrogens is 6. The van der Waals surface area contributed by atoms with Crippen molar-refractivity contribution < 1.29 is 4.79 Å². The third-order valence-corrected chi connectivity index (χ3v) is 4.89. The van der Waals surface area contributed by atoms with Crippen molar-refractivity contribution in [1.82, 2.24) is 30.6 Å². The number of carbonyl (C=O) groups is 1. The lowest BCUT2D eigenvalue weighted by Gasteiger charge is -2.04. The second-order valence-corrected chi connectivity index (χ2v) is 6.83. The number of aromatic amines is 2. The van der Waals surface area contributed by atoms with Crippen molar-refractivity contribution >= 4 is 39.2 Å². The molecule has 0 atom stereocenters. The van der Waals surface area contributed by atoms with Gasteiger partial charge in [-0.1, -0.05) is 47.1 Å². The van der Waals surface area contributed by atoms with Crippen LogP contribution in [0.5, 0.6) is 0 Å². The van der Waals surface area contributed by atoms with E-state index in [0.29, 0.717) is 28.7 Å². The van der Waals surface area contributed by atoms with Gasteiger partial charge in [0.2, 0.25) is 5.78 Å². The van der Waals surface area contributed by atoms with Gasteiger partial charge in [-0.15, -0.1) is 10.2 Å². The fourth-order valence-electron chi connectivity index (χ4n) is 3.34. The molecule has 5 aromatic rings. The van der Waals surface area contributed by atoms with E-state index in [1.807, 2.05) is 36.4 Å². The van der Waals surface area contributed by atoms with E-state index < -0.39 is 0 Å².